The Labute approximate surface area is 154 Å². The van der Waals surface area contributed by atoms with Gasteiger partial charge in [0.05, 0.1) is 17.4 Å². The average Bonchev–Trinajstić information content (AvgIpc) is 3.21. The summed E-state index contributed by atoms with van der Waals surface area (Å²) in [6.07, 6.45) is 6.62. The number of nitrogens with zero attached hydrogens (tertiary/aromatic N) is 2. The molecular formula is C20H26N4O2. The van der Waals surface area contributed by atoms with E-state index in [2.05, 4.69) is 44.8 Å². The fraction of sp³-hybridized carbons (Fsp3) is 0.400. The van der Waals surface area contributed by atoms with Crippen LogP contribution in [0.1, 0.15) is 29.6 Å². The van der Waals surface area contributed by atoms with Crippen LogP contribution >= 0.6 is 0 Å². The van der Waals surface area contributed by atoms with Crippen LogP contribution in [0.15, 0.2) is 42.7 Å². The molecule has 1 aliphatic rings. The summed E-state index contributed by atoms with van der Waals surface area (Å²) < 4.78 is 4.98. The van der Waals surface area contributed by atoms with Gasteiger partial charge < -0.3 is 20.3 Å². The molecule has 6 nitrogen and oxygen atoms in total. The standard InChI is InChI=1S/C20H26N4O2/c1-26-12-4-9-22-20(25)16-13-18(15-21-14-16)23-17-5-7-19(8-6-17)24-10-2-3-11-24/h5-8,13-15,23H,2-4,9-12H2,1H3,(H,22,25). The molecule has 1 amide bonds. The molecule has 26 heavy (non-hydrogen) atoms. The Morgan fingerprint density at radius 3 is 2.65 bits per heavy atom. The normalized spacial score (nSPS) is 13.7. The Kier molecular flexibility index (Phi) is 6.44. The molecule has 1 saturated heterocycles. The second kappa shape index (κ2) is 9.20. The number of methoxy groups -OCH3 is 1. The number of ether oxygens (including phenoxy) is 1. The number of nitrogens with one attached hydrogen (secondary N) is 2. The third-order valence-electron chi connectivity index (χ3n) is 4.44. The molecule has 0 spiro atoms. The Balaban J connectivity index is 1.58. The van der Waals surface area contributed by atoms with Crippen LogP contribution < -0.4 is 15.5 Å². The summed E-state index contributed by atoms with van der Waals surface area (Å²) in [5.74, 6) is -0.123. The lowest BCUT2D eigenvalue weighted by Gasteiger charge is -2.18. The minimum absolute atomic E-state index is 0.123. The van der Waals surface area contributed by atoms with Crippen molar-refractivity contribution in [3.05, 3.63) is 48.3 Å². The minimum atomic E-state index is -0.123. The first-order valence-electron chi connectivity index (χ1n) is 9.10. The van der Waals surface area contributed by atoms with Crippen LogP contribution in [0.3, 0.4) is 0 Å². The van der Waals surface area contributed by atoms with E-state index in [0.717, 1.165) is 30.9 Å². The van der Waals surface area contributed by atoms with E-state index in [1.54, 1.807) is 19.5 Å². The second-order valence-corrected chi connectivity index (χ2v) is 6.43. The lowest BCUT2D eigenvalue weighted by atomic mass is 10.2. The molecule has 3 rings (SSSR count). The predicted octanol–water partition coefficient (Wildman–Crippen LogP) is 3.19. The van der Waals surface area contributed by atoms with Crippen LogP contribution in [0.5, 0.6) is 0 Å². The van der Waals surface area contributed by atoms with Crippen molar-refractivity contribution < 1.29 is 9.53 Å². The number of hydrogen-bond acceptors (Lipinski definition) is 5. The van der Waals surface area contributed by atoms with Gasteiger partial charge in [0, 0.05) is 50.9 Å². The predicted molar refractivity (Wildman–Crippen MR) is 104 cm³/mol. The van der Waals surface area contributed by atoms with Crippen LogP contribution in [0.2, 0.25) is 0 Å². The largest absolute Gasteiger partial charge is 0.385 e. The van der Waals surface area contributed by atoms with E-state index < -0.39 is 0 Å². The fourth-order valence-electron chi connectivity index (χ4n) is 3.05. The fourth-order valence-corrected chi connectivity index (χ4v) is 3.05. The van der Waals surface area contributed by atoms with Crippen LogP contribution in [0.25, 0.3) is 0 Å². The highest BCUT2D eigenvalue weighted by atomic mass is 16.5. The smallest absolute Gasteiger partial charge is 0.252 e. The SMILES string of the molecule is COCCCNC(=O)c1cncc(Nc2ccc(N3CCCC3)cc2)c1. The third-order valence-corrected chi connectivity index (χ3v) is 4.44. The van der Waals surface area contributed by atoms with Gasteiger partial charge in [-0.3, -0.25) is 9.78 Å². The quantitative estimate of drug-likeness (QED) is 0.713. The zero-order valence-corrected chi connectivity index (χ0v) is 15.2. The Morgan fingerprint density at radius 2 is 1.92 bits per heavy atom. The van der Waals surface area contributed by atoms with Crippen LogP contribution in [0.4, 0.5) is 17.1 Å². The van der Waals surface area contributed by atoms with Crippen molar-refractivity contribution in [3.8, 4) is 0 Å². The van der Waals surface area contributed by atoms with E-state index in [1.807, 2.05) is 6.07 Å². The Bertz CT molecular complexity index is 712. The summed E-state index contributed by atoms with van der Waals surface area (Å²) in [5.41, 5.74) is 3.58. The summed E-state index contributed by atoms with van der Waals surface area (Å²) in [6, 6.07) is 10.2. The highest BCUT2D eigenvalue weighted by molar-refractivity contribution is 5.94. The highest BCUT2D eigenvalue weighted by Crippen LogP contribution is 2.24. The van der Waals surface area contributed by atoms with Crippen molar-refractivity contribution in [3.63, 3.8) is 0 Å². The van der Waals surface area contributed by atoms with Gasteiger partial charge in [0.25, 0.3) is 5.91 Å². The van der Waals surface area contributed by atoms with Gasteiger partial charge in [-0.05, 0) is 49.6 Å². The molecule has 0 bridgehead atoms. The molecule has 0 aliphatic carbocycles. The molecule has 2 heterocycles. The summed E-state index contributed by atoms with van der Waals surface area (Å²) in [5, 5.41) is 6.18. The number of aromatic nitrogens is 1. The first kappa shape index (κ1) is 18.2. The van der Waals surface area contributed by atoms with Crippen LogP contribution in [-0.2, 0) is 4.74 Å². The van der Waals surface area contributed by atoms with Gasteiger partial charge in [-0.15, -0.1) is 0 Å². The zero-order valence-electron chi connectivity index (χ0n) is 15.2. The number of pyridine rings is 1. The van der Waals surface area contributed by atoms with E-state index in [9.17, 15) is 4.79 Å². The van der Waals surface area contributed by atoms with Crippen LogP contribution in [0, 0.1) is 0 Å². The number of benzene rings is 1. The van der Waals surface area contributed by atoms with Gasteiger partial charge in [-0.25, -0.2) is 0 Å². The maximum Gasteiger partial charge on any atom is 0.252 e. The van der Waals surface area contributed by atoms with E-state index in [4.69, 9.17) is 4.74 Å². The van der Waals surface area contributed by atoms with Gasteiger partial charge in [0.15, 0.2) is 0 Å². The molecule has 0 unspecified atom stereocenters. The molecule has 6 heteroatoms. The molecule has 0 atom stereocenters. The maximum absolute atomic E-state index is 12.2. The number of rotatable bonds is 8. The number of anilines is 3. The van der Waals surface area contributed by atoms with E-state index in [0.29, 0.717) is 18.7 Å². The molecule has 1 aromatic carbocycles. The molecule has 1 aliphatic heterocycles. The van der Waals surface area contributed by atoms with Crippen molar-refractivity contribution in [2.45, 2.75) is 19.3 Å². The van der Waals surface area contributed by atoms with E-state index in [1.165, 1.54) is 18.5 Å². The van der Waals surface area contributed by atoms with E-state index in [-0.39, 0.29) is 5.91 Å². The molecule has 1 aromatic heterocycles. The molecule has 0 saturated carbocycles. The van der Waals surface area contributed by atoms with Crippen molar-refractivity contribution >= 4 is 23.0 Å². The Morgan fingerprint density at radius 1 is 1.15 bits per heavy atom. The lowest BCUT2D eigenvalue weighted by molar-refractivity contribution is 0.0948. The molecular weight excluding hydrogens is 328 g/mol. The van der Waals surface area contributed by atoms with Gasteiger partial charge in [0.2, 0.25) is 0 Å². The topological polar surface area (TPSA) is 66.5 Å². The molecule has 138 valence electrons. The lowest BCUT2D eigenvalue weighted by Crippen LogP contribution is -2.25. The highest BCUT2D eigenvalue weighted by Gasteiger charge is 2.12. The summed E-state index contributed by atoms with van der Waals surface area (Å²) >= 11 is 0. The molecule has 2 aromatic rings. The molecule has 0 radical (unpaired) electrons. The van der Waals surface area contributed by atoms with Crippen molar-refractivity contribution in [2.75, 3.05) is 43.6 Å². The molecule has 1 fully saturated rings. The van der Waals surface area contributed by atoms with E-state index >= 15 is 0 Å². The summed E-state index contributed by atoms with van der Waals surface area (Å²) in [7, 11) is 1.65. The number of hydrogen-bond donors (Lipinski definition) is 2. The van der Waals surface area contributed by atoms with Gasteiger partial charge in [-0.1, -0.05) is 0 Å². The maximum atomic E-state index is 12.2. The van der Waals surface area contributed by atoms with Crippen molar-refractivity contribution in [1.82, 2.24) is 10.3 Å². The van der Waals surface area contributed by atoms with Gasteiger partial charge >= 0.3 is 0 Å². The average molecular weight is 354 g/mol. The second-order valence-electron chi connectivity index (χ2n) is 6.43. The zero-order chi connectivity index (χ0) is 18.2. The summed E-state index contributed by atoms with van der Waals surface area (Å²) in [4.78, 5) is 18.8. The first-order chi connectivity index (χ1) is 12.8. The van der Waals surface area contributed by atoms with Gasteiger partial charge in [0.1, 0.15) is 0 Å². The van der Waals surface area contributed by atoms with Crippen molar-refractivity contribution in [2.24, 2.45) is 0 Å². The summed E-state index contributed by atoms with van der Waals surface area (Å²) in [6.45, 7) is 3.49. The number of amides is 1. The minimum Gasteiger partial charge on any atom is -0.385 e. The van der Waals surface area contributed by atoms with Crippen LogP contribution in [-0.4, -0.2) is 44.2 Å². The monoisotopic (exact) mass is 354 g/mol. The number of carbonyl (C=O) groups excluding carboxylic acids is 1. The van der Waals surface area contributed by atoms with Crippen molar-refractivity contribution in [1.29, 1.82) is 0 Å². The van der Waals surface area contributed by atoms with Gasteiger partial charge in [-0.2, -0.15) is 0 Å². The molecule has 2 N–H and O–H groups in total. The first-order valence-corrected chi connectivity index (χ1v) is 9.10. The number of carbonyl (C=O) groups is 1. The Hall–Kier alpha value is -2.60. The third kappa shape index (κ3) is 4.95.